The molecule has 0 saturated heterocycles. The smallest absolute Gasteiger partial charge is 0.235 e. The molecule has 0 spiro atoms. The highest BCUT2D eigenvalue weighted by molar-refractivity contribution is 7.92. The van der Waals surface area contributed by atoms with Gasteiger partial charge in [0.1, 0.15) is 0 Å². The van der Waals surface area contributed by atoms with Crippen LogP contribution in [-0.2, 0) is 21.9 Å². The number of hydrogen-bond donors (Lipinski definition) is 1. The van der Waals surface area contributed by atoms with Gasteiger partial charge in [0.25, 0.3) is 0 Å². The maximum atomic E-state index is 12.4. The largest absolute Gasteiger partial charge is 0.320 e. The lowest BCUT2D eigenvalue weighted by atomic mass is 9.76. The molecule has 1 atom stereocenters. The quantitative estimate of drug-likeness (QED) is 0.918. The van der Waals surface area contributed by atoms with Crippen molar-refractivity contribution in [2.75, 3.05) is 30.2 Å². The summed E-state index contributed by atoms with van der Waals surface area (Å²) in [6.45, 7) is 3.69. The number of aryl methyl sites for hydroxylation is 1. The van der Waals surface area contributed by atoms with Gasteiger partial charge in [-0.05, 0) is 44.0 Å². The van der Waals surface area contributed by atoms with Gasteiger partial charge in [-0.2, -0.15) is 0 Å². The molecular weight excluding hydrogens is 272 g/mol. The van der Waals surface area contributed by atoms with E-state index in [9.17, 15) is 8.42 Å². The van der Waals surface area contributed by atoms with E-state index in [4.69, 9.17) is 0 Å². The minimum absolute atomic E-state index is 0.0359. The van der Waals surface area contributed by atoms with Gasteiger partial charge < -0.3 is 5.32 Å². The minimum Gasteiger partial charge on any atom is -0.320 e. The molecule has 0 aromatic heterocycles. The van der Waals surface area contributed by atoms with E-state index >= 15 is 0 Å². The minimum atomic E-state index is -3.13. The lowest BCUT2D eigenvalue weighted by molar-refractivity contribution is 0.404. The Morgan fingerprint density at radius 3 is 2.90 bits per heavy atom. The van der Waals surface area contributed by atoms with Crippen molar-refractivity contribution in [2.24, 2.45) is 0 Å². The van der Waals surface area contributed by atoms with Crippen molar-refractivity contribution >= 4 is 15.7 Å². The maximum Gasteiger partial charge on any atom is 0.235 e. The van der Waals surface area contributed by atoms with Crippen LogP contribution in [0.25, 0.3) is 0 Å². The zero-order valence-electron chi connectivity index (χ0n) is 12.1. The molecule has 0 amide bonds. The molecular formula is C15H22N2O2S. The van der Waals surface area contributed by atoms with E-state index in [2.05, 4.69) is 30.4 Å². The molecule has 2 heterocycles. The topological polar surface area (TPSA) is 49.4 Å². The Bertz CT molecular complexity index is 627. The summed E-state index contributed by atoms with van der Waals surface area (Å²) in [4.78, 5) is 0. The number of anilines is 1. The third-order valence-corrected chi connectivity index (χ3v) is 6.59. The summed E-state index contributed by atoms with van der Waals surface area (Å²) >= 11 is 0. The third kappa shape index (κ3) is 1.87. The second-order valence-corrected chi connectivity index (χ2v) is 7.89. The summed E-state index contributed by atoms with van der Waals surface area (Å²) in [6.07, 6.45) is 2.59. The van der Waals surface area contributed by atoms with Crippen molar-refractivity contribution in [1.82, 2.24) is 5.32 Å². The van der Waals surface area contributed by atoms with E-state index in [0.29, 0.717) is 13.0 Å². The van der Waals surface area contributed by atoms with Crippen LogP contribution in [0.5, 0.6) is 0 Å². The van der Waals surface area contributed by atoms with Crippen LogP contribution in [0.15, 0.2) is 18.2 Å². The van der Waals surface area contributed by atoms with Crippen LogP contribution in [0.4, 0.5) is 5.69 Å². The first kappa shape index (κ1) is 13.9. The van der Waals surface area contributed by atoms with Crippen molar-refractivity contribution in [3.63, 3.8) is 0 Å². The second-order valence-electron chi connectivity index (χ2n) is 5.87. The highest BCUT2D eigenvalue weighted by atomic mass is 32.2. The number of hydrogen-bond acceptors (Lipinski definition) is 3. The van der Waals surface area contributed by atoms with Crippen LogP contribution in [0.3, 0.4) is 0 Å². The lowest BCUT2D eigenvalue weighted by Crippen LogP contribution is -2.41. The van der Waals surface area contributed by atoms with Gasteiger partial charge in [-0.1, -0.05) is 25.1 Å². The summed E-state index contributed by atoms with van der Waals surface area (Å²) in [5, 5.41) is 3.20. The Morgan fingerprint density at radius 2 is 2.20 bits per heavy atom. The number of para-hydroxylation sites is 1. The Hall–Kier alpha value is -1.07. The summed E-state index contributed by atoms with van der Waals surface area (Å²) in [5.41, 5.74) is 3.37. The van der Waals surface area contributed by atoms with Gasteiger partial charge in [0.2, 0.25) is 10.0 Å². The zero-order chi connectivity index (χ0) is 14.4. The molecule has 0 bridgehead atoms. The van der Waals surface area contributed by atoms with Crippen molar-refractivity contribution < 1.29 is 8.42 Å². The predicted octanol–water partition coefficient (Wildman–Crippen LogP) is 1.65. The third-order valence-electron chi connectivity index (χ3n) is 4.88. The lowest BCUT2D eigenvalue weighted by Gasteiger charge is -2.29. The number of sulfonamides is 1. The average Bonchev–Trinajstić information content (AvgIpc) is 2.79. The van der Waals surface area contributed by atoms with Crippen LogP contribution in [0.1, 0.15) is 30.9 Å². The normalized spacial score (nSPS) is 26.6. The van der Waals surface area contributed by atoms with Gasteiger partial charge in [-0.25, -0.2) is 8.42 Å². The molecule has 2 aliphatic rings. The van der Waals surface area contributed by atoms with Crippen LogP contribution >= 0.6 is 0 Å². The summed E-state index contributed by atoms with van der Waals surface area (Å²) in [6, 6.07) is 6.28. The second kappa shape index (κ2) is 4.74. The number of benzene rings is 1. The molecule has 20 heavy (non-hydrogen) atoms. The van der Waals surface area contributed by atoms with Gasteiger partial charge >= 0.3 is 0 Å². The molecule has 1 aromatic carbocycles. The molecule has 5 heteroatoms. The summed E-state index contributed by atoms with van der Waals surface area (Å²) < 4.78 is 26.5. The Labute approximate surface area is 121 Å². The van der Waals surface area contributed by atoms with Gasteiger partial charge in [0, 0.05) is 12.0 Å². The number of rotatable bonds is 4. The van der Waals surface area contributed by atoms with E-state index in [1.807, 2.05) is 7.05 Å². The van der Waals surface area contributed by atoms with Gasteiger partial charge in [0.05, 0.1) is 11.4 Å². The van der Waals surface area contributed by atoms with Crippen LogP contribution < -0.4 is 9.62 Å². The first-order valence-electron chi connectivity index (χ1n) is 7.31. The molecule has 3 rings (SSSR count). The number of nitrogens with one attached hydrogen (secondary N) is 1. The molecule has 1 aromatic rings. The predicted molar refractivity (Wildman–Crippen MR) is 81.8 cm³/mol. The molecule has 0 radical (unpaired) electrons. The van der Waals surface area contributed by atoms with E-state index in [-0.39, 0.29) is 11.2 Å². The Kier molecular flexibility index (Phi) is 3.29. The Morgan fingerprint density at radius 1 is 1.40 bits per heavy atom. The van der Waals surface area contributed by atoms with Crippen molar-refractivity contribution in [3.05, 3.63) is 29.3 Å². The van der Waals surface area contributed by atoms with Crippen molar-refractivity contribution in [3.8, 4) is 0 Å². The fourth-order valence-electron chi connectivity index (χ4n) is 3.60. The Balaban J connectivity index is 2.15. The first-order valence-corrected chi connectivity index (χ1v) is 8.92. The number of nitrogens with zero attached hydrogens (tertiary/aromatic N) is 1. The fourth-order valence-corrected chi connectivity index (χ4v) is 5.23. The van der Waals surface area contributed by atoms with Gasteiger partial charge in [-0.3, -0.25) is 4.31 Å². The molecule has 110 valence electrons. The maximum absolute atomic E-state index is 12.4. The molecule has 1 unspecified atom stereocenters. The van der Waals surface area contributed by atoms with E-state index in [1.165, 1.54) is 11.1 Å². The molecule has 4 nitrogen and oxygen atoms in total. The van der Waals surface area contributed by atoms with E-state index in [0.717, 1.165) is 25.1 Å². The fraction of sp³-hybridized carbons (Fsp3) is 0.600. The molecule has 0 fully saturated rings. The van der Waals surface area contributed by atoms with E-state index < -0.39 is 10.0 Å². The zero-order valence-corrected chi connectivity index (χ0v) is 13.0. The van der Waals surface area contributed by atoms with Crippen LogP contribution in [0, 0.1) is 0 Å². The average molecular weight is 294 g/mol. The standard InChI is InChI=1S/C15H22N2O2S/c1-3-15(8-9-16-2)11-17-14-12(5-4-6-13(14)15)7-10-20(17,18)19/h4-6,16H,3,7-11H2,1-2H3. The van der Waals surface area contributed by atoms with Gasteiger partial charge in [0.15, 0.2) is 0 Å². The molecule has 0 aliphatic carbocycles. The summed E-state index contributed by atoms with van der Waals surface area (Å²) in [5.74, 6) is 0.245. The first-order chi connectivity index (χ1) is 9.54. The highest BCUT2D eigenvalue weighted by Gasteiger charge is 2.47. The highest BCUT2D eigenvalue weighted by Crippen LogP contribution is 2.49. The van der Waals surface area contributed by atoms with Crippen molar-refractivity contribution in [2.45, 2.75) is 31.6 Å². The SMILES string of the molecule is CCC1(CCNC)CN2c3c(cccc31)CCS2(=O)=O. The van der Waals surface area contributed by atoms with Gasteiger partial charge in [-0.15, -0.1) is 0 Å². The molecule has 0 saturated carbocycles. The van der Waals surface area contributed by atoms with Crippen molar-refractivity contribution in [1.29, 1.82) is 0 Å². The molecule has 2 aliphatic heterocycles. The molecule has 1 N–H and O–H groups in total. The van der Waals surface area contributed by atoms with Crippen LogP contribution in [-0.4, -0.2) is 34.3 Å². The monoisotopic (exact) mass is 294 g/mol. The van der Waals surface area contributed by atoms with E-state index in [1.54, 1.807) is 4.31 Å². The summed E-state index contributed by atoms with van der Waals surface area (Å²) in [7, 11) is -1.18. The van der Waals surface area contributed by atoms with Crippen LogP contribution in [0.2, 0.25) is 0 Å².